The Morgan fingerprint density at radius 3 is 2.59 bits per heavy atom. The summed E-state index contributed by atoms with van der Waals surface area (Å²) in [7, 11) is 0. The summed E-state index contributed by atoms with van der Waals surface area (Å²) in [5.41, 5.74) is -0.457. The van der Waals surface area contributed by atoms with E-state index in [1.807, 2.05) is 13.8 Å². The van der Waals surface area contributed by atoms with Crippen LogP contribution in [0.3, 0.4) is 0 Å². The Bertz CT molecular complexity index is 515. The second-order valence-corrected chi connectivity index (χ2v) is 6.44. The second-order valence-electron chi connectivity index (χ2n) is 6.44. The molecule has 1 N–H and O–H groups in total. The zero-order valence-electron chi connectivity index (χ0n) is 13.2. The molecule has 0 unspecified atom stereocenters. The van der Waals surface area contributed by atoms with E-state index in [1.54, 1.807) is 4.90 Å². The van der Waals surface area contributed by atoms with Crippen LogP contribution in [-0.4, -0.2) is 40.1 Å². The highest BCUT2D eigenvalue weighted by atomic mass is 16.4. The number of likely N-dealkylation sites (tertiary alicyclic amines) is 1. The van der Waals surface area contributed by atoms with Gasteiger partial charge in [-0.25, -0.2) is 0 Å². The van der Waals surface area contributed by atoms with Crippen molar-refractivity contribution in [3.05, 3.63) is 0 Å². The Morgan fingerprint density at radius 1 is 1.41 bits per heavy atom. The molecule has 6 nitrogen and oxygen atoms in total. The van der Waals surface area contributed by atoms with E-state index in [0.717, 1.165) is 0 Å². The van der Waals surface area contributed by atoms with Gasteiger partial charge in [0.2, 0.25) is 5.91 Å². The van der Waals surface area contributed by atoms with E-state index in [9.17, 15) is 14.7 Å². The smallest absolute Gasteiger partial charge is 0.308 e. The first-order valence-electron chi connectivity index (χ1n) is 7.80. The lowest BCUT2D eigenvalue weighted by atomic mass is 9.91. The van der Waals surface area contributed by atoms with Crippen molar-refractivity contribution >= 4 is 11.9 Å². The lowest BCUT2D eigenvalue weighted by Gasteiger charge is -2.30. The molecule has 2 rings (SSSR count). The molecule has 120 valence electrons. The van der Waals surface area contributed by atoms with Crippen LogP contribution in [0, 0.1) is 24.2 Å². The first-order valence-corrected chi connectivity index (χ1v) is 7.80. The van der Waals surface area contributed by atoms with E-state index in [2.05, 4.69) is 16.1 Å². The van der Waals surface area contributed by atoms with Gasteiger partial charge in [0, 0.05) is 38.3 Å². The number of amides is 1. The van der Waals surface area contributed by atoms with Crippen LogP contribution in [-0.2, 0) is 9.59 Å². The van der Waals surface area contributed by atoms with Gasteiger partial charge in [-0.15, -0.1) is 12.3 Å². The van der Waals surface area contributed by atoms with E-state index in [4.69, 9.17) is 6.42 Å². The number of hydrogen-bond donors (Lipinski definition) is 1. The summed E-state index contributed by atoms with van der Waals surface area (Å²) in [5.74, 6) is 1.41. The van der Waals surface area contributed by atoms with Gasteiger partial charge >= 0.3 is 5.97 Å². The summed E-state index contributed by atoms with van der Waals surface area (Å²) in [5, 5.41) is 17.4. The second kappa shape index (κ2) is 6.47. The van der Waals surface area contributed by atoms with Gasteiger partial charge in [0.05, 0.1) is 5.92 Å². The summed E-state index contributed by atoms with van der Waals surface area (Å²) in [6.45, 7) is 4.45. The number of carbonyl (C=O) groups excluding carboxylic acids is 1. The van der Waals surface area contributed by atoms with E-state index in [-0.39, 0.29) is 17.9 Å². The molecule has 1 fully saturated rings. The fourth-order valence-corrected chi connectivity index (χ4v) is 3.32. The van der Waals surface area contributed by atoms with Crippen molar-refractivity contribution < 1.29 is 14.7 Å². The minimum Gasteiger partial charge on any atom is -0.481 e. The van der Waals surface area contributed by atoms with Crippen LogP contribution in [0.1, 0.15) is 46.0 Å². The minimum atomic E-state index is -0.813. The highest BCUT2D eigenvalue weighted by Gasteiger charge is 2.44. The van der Waals surface area contributed by atoms with Crippen LogP contribution in [0.4, 0.5) is 0 Å². The van der Waals surface area contributed by atoms with E-state index in [0.29, 0.717) is 38.6 Å². The molecule has 0 aliphatic carbocycles. The molecule has 0 bridgehead atoms. The number of rotatable bonds is 7. The number of hydrogen-bond acceptors (Lipinski definition) is 4. The number of carboxylic acids is 1. The van der Waals surface area contributed by atoms with Crippen LogP contribution >= 0.6 is 0 Å². The quantitative estimate of drug-likeness (QED) is 0.733. The molecule has 2 aliphatic heterocycles. The van der Waals surface area contributed by atoms with Gasteiger partial charge in [-0.1, -0.05) is 13.8 Å². The molecule has 0 aromatic heterocycles. The van der Waals surface area contributed by atoms with Crippen molar-refractivity contribution in [3.63, 3.8) is 0 Å². The zero-order chi connectivity index (χ0) is 16.3. The van der Waals surface area contributed by atoms with Crippen LogP contribution < -0.4 is 0 Å². The predicted octanol–water partition coefficient (Wildman–Crippen LogP) is 2.30. The third kappa shape index (κ3) is 3.46. The highest BCUT2D eigenvalue weighted by molar-refractivity contribution is 5.79. The third-order valence-corrected chi connectivity index (χ3v) is 4.57. The zero-order valence-corrected chi connectivity index (χ0v) is 13.2. The number of carbonyl (C=O) groups is 2. The molecular formula is C16H23N3O3. The lowest BCUT2D eigenvalue weighted by molar-refractivity contribution is -0.144. The average molecular weight is 305 g/mol. The van der Waals surface area contributed by atoms with Crippen molar-refractivity contribution in [1.29, 1.82) is 0 Å². The van der Waals surface area contributed by atoms with Crippen molar-refractivity contribution in [2.75, 3.05) is 6.54 Å². The molecule has 0 aromatic rings. The molecule has 0 spiro atoms. The average Bonchev–Trinajstić information content (AvgIpc) is 3.08. The fourth-order valence-electron chi connectivity index (χ4n) is 3.32. The Labute approximate surface area is 131 Å². The molecule has 0 aromatic carbocycles. The van der Waals surface area contributed by atoms with Crippen LogP contribution in [0.15, 0.2) is 10.2 Å². The Hall–Kier alpha value is -1.90. The normalized spacial score (nSPS) is 25.3. The maximum atomic E-state index is 12.5. The van der Waals surface area contributed by atoms with Gasteiger partial charge in [0.1, 0.15) is 0 Å². The number of nitrogens with zero attached hydrogens (tertiary/aromatic N) is 3. The molecule has 6 heteroatoms. The number of aliphatic carboxylic acids is 1. The summed E-state index contributed by atoms with van der Waals surface area (Å²) in [4.78, 5) is 25.6. The first kappa shape index (κ1) is 16.5. The van der Waals surface area contributed by atoms with E-state index in [1.165, 1.54) is 0 Å². The third-order valence-electron chi connectivity index (χ3n) is 4.57. The Balaban J connectivity index is 1.92. The molecule has 0 radical (unpaired) electrons. The van der Waals surface area contributed by atoms with Gasteiger partial charge < -0.3 is 10.0 Å². The summed E-state index contributed by atoms with van der Waals surface area (Å²) in [6.07, 6.45) is 7.96. The maximum Gasteiger partial charge on any atom is 0.308 e. The van der Waals surface area contributed by atoms with E-state index < -0.39 is 17.6 Å². The van der Waals surface area contributed by atoms with Crippen LogP contribution in [0.5, 0.6) is 0 Å². The van der Waals surface area contributed by atoms with Crippen LogP contribution in [0.25, 0.3) is 0 Å². The summed E-state index contributed by atoms with van der Waals surface area (Å²) in [6, 6.07) is -0.222. The first-order chi connectivity index (χ1) is 10.4. The maximum absolute atomic E-state index is 12.5. The Kier molecular flexibility index (Phi) is 4.84. The van der Waals surface area contributed by atoms with Gasteiger partial charge in [-0.3, -0.25) is 9.59 Å². The van der Waals surface area contributed by atoms with Gasteiger partial charge in [0.25, 0.3) is 0 Å². The van der Waals surface area contributed by atoms with E-state index >= 15 is 0 Å². The SMILES string of the molecule is C#CCCC1(CCC(=O)N2CC[C@@H](C(=O)O)[C@H]2C(C)C)N=N1. The van der Waals surface area contributed by atoms with Crippen LogP contribution in [0.2, 0.25) is 0 Å². The fraction of sp³-hybridized carbons (Fsp3) is 0.750. The minimum absolute atomic E-state index is 0.000155. The number of terminal acetylenes is 1. The molecular weight excluding hydrogens is 282 g/mol. The summed E-state index contributed by atoms with van der Waals surface area (Å²) >= 11 is 0. The predicted molar refractivity (Wildman–Crippen MR) is 81.0 cm³/mol. The molecule has 2 atom stereocenters. The molecule has 0 saturated carbocycles. The molecule has 1 amide bonds. The van der Waals surface area contributed by atoms with Gasteiger partial charge in [-0.05, 0) is 12.3 Å². The standard InChI is InChI=1S/C16H23N3O3/c1-4-5-8-16(17-18-16)9-6-13(20)19-10-7-12(15(21)22)14(19)11(2)3/h1,11-12,14H,5-10H2,2-3H3,(H,21,22)/t12-,14-/m1/s1. The molecule has 22 heavy (non-hydrogen) atoms. The largest absolute Gasteiger partial charge is 0.481 e. The van der Waals surface area contributed by atoms with Crippen molar-refractivity contribution in [1.82, 2.24) is 4.90 Å². The number of carboxylic acid groups (broad SMARTS) is 1. The van der Waals surface area contributed by atoms with Crippen molar-refractivity contribution in [2.24, 2.45) is 22.1 Å². The molecule has 1 saturated heterocycles. The Morgan fingerprint density at radius 2 is 2.09 bits per heavy atom. The highest BCUT2D eigenvalue weighted by Crippen LogP contribution is 2.38. The lowest BCUT2D eigenvalue weighted by Crippen LogP contribution is -2.43. The van der Waals surface area contributed by atoms with Crippen molar-refractivity contribution in [3.8, 4) is 12.3 Å². The molecule has 2 aliphatic rings. The topological polar surface area (TPSA) is 82.3 Å². The van der Waals surface area contributed by atoms with Crippen molar-refractivity contribution in [2.45, 2.75) is 57.7 Å². The van der Waals surface area contributed by atoms with Gasteiger partial charge in [-0.2, -0.15) is 10.2 Å². The monoisotopic (exact) mass is 305 g/mol. The summed E-state index contributed by atoms with van der Waals surface area (Å²) < 4.78 is 0. The molecule has 2 heterocycles. The van der Waals surface area contributed by atoms with Gasteiger partial charge in [0.15, 0.2) is 5.66 Å².